The van der Waals surface area contributed by atoms with Crippen LogP contribution >= 0.6 is 11.8 Å². The summed E-state index contributed by atoms with van der Waals surface area (Å²) in [6.45, 7) is 7.06. The Morgan fingerprint density at radius 1 is 1.12 bits per heavy atom. The molecule has 0 radical (unpaired) electrons. The molecular formula is C22H24N6O4S. The first kappa shape index (κ1) is 22.7. The molecule has 2 heterocycles. The van der Waals surface area contributed by atoms with Gasteiger partial charge >= 0.3 is 0 Å². The standard InChI is InChI=1S/C22H24N6O4S/c1-2-26-11-13-27(14-12-26)19-6-4-3-5-18(19)23-20(29)15-33-22-25-24-21(32-22)16-7-9-17(10-8-16)28(30)31/h3-10H,2,11-15H2,1H3,(H,23,29). The molecule has 0 unspecified atom stereocenters. The highest BCUT2D eigenvalue weighted by Crippen LogP contribution is 2.28. The minimum Gasteiger partial charge on any atom is -0.411 e. The lowest BCUT2D eigenvalue weighted by molar-refractivity contribution is -0.384. The van der Waals surface area contributed by atoms with Gasteiger partial charge < -0.3 is 19.5 Å². The number of nitro groups is 1. The number of carbonyl (C=O) groups excluding carboxylic acids is 1. The monoisotopic (exact) mass is 468 g/mol. The van der Waals surface area contributed by atoms with E-state index < -0.39 is 4.92 Å². The van der Waals surface area contributed by atoms with Gasteiger partial charge in [0.25, 0.3) is 10.9 Å². The average molecular weight is 469 g/mol. The van der Waals surface area contributed by atoms with Gasteiger partial charge in [-0.1, -0.05) is 30.8 Å². The van der Waals surface area contributed by atoms with E-state index in [-0.39, 0.29) is 28.5 Å². The van der Waals surface area contributed by atoms with Gasteiger partial charge in [0.2, 0.25) is 11.8 Å². The molecule has 4 rings (SSSR count). The molecule has 0 bridgehead atoms. The van der Waals surface area contributed by atoms with Crippen molar-refractivity contribution in [3.05, 3.63) is 58.6 Å². The first-order valence-electron chi connectivity index (χ1n) is 10.6. The zero-order valence-electron chi connectivity index (χ0n) is 18.1. The maximum absolute atomic E-state index is 12.6. The number of benzene rings is 2. The molecule has 10 nitrogen and oxygen atoms in total. The molecule has 1 saturated heterocycles. The average Bonchev–Trinajstić information content (AvgIpc) is 3.32. The van der Waals surface area contributed by atoms with E-state index in [1.807, 2.05) is 24.3 Å². The topological polar surface area (TPSA) is 118 Å². The molecular weight excluding hydrogens is 444 g/mol. The van der Waals surface area contributed by atoms with Crippen LogP contribution in [0.2, 0.25) is 0 Å². The Balaban J connectivity index is 1.34. The predicted octanol–water partition coefficient (Wildman–Crippen LogP) is 3.52. The fraction of sp³-hybridized carbons (Fsp3) is 0.318. The van der Waals surface area contributed by atoms with Gasteiger partial charge in [-0.25, -0.2) is 0 Å². The van der Waals surface area contributed by atoms with Gasteiger partial charge in [0.05, 0.1) is 22.1 Å². The number of nitrogens with one attached hydrogen (secondary N) is 1. The minimum absolute atomic E-state index is 0.0166. The van der Waals surface area contributed by atoms with Crippen LogP contribution in [-0.2, 0) is 4.79 Å². The van der Waals surface area contributed by atoms with Gasteiger partial charge in [0.1, 0.15) is 0 Å². The second-order valence-corrected chi connectivity index (χ2v) is 8.38. The van der Waals surface area contributed by atoms with Crippen molar-refractivity contribution in [1.29, 1.82) is 0 Å². The summed E-state index contributed by atoms with van der Waals surface area (Å²) in [5.41, 5.74) is 2.36. The van der Waals surface area contributed by atoms with Crippen molar-refractivity contribution in [3.8, 4) is 11.5 Å². The van der Waals surface area contributed by atoms with Crippen molar-refractivity contribution >= 4 is 34.7 Å². The number of likely N-dealkylation sites (N-methyl/N-ethyl adjacent to an activating group) is 1. The second kappa shape index (κ2) is 10.5. The number of rotatable bonds is 8. The Bertz CT molecular complexity index is 1110. The van der Waals surface area contributed by atoms with Crippen LogP contribution < -0.4 is 10.2 Å². The van der Waals surface area contributed by atoms with E-state index >= 15 is 0 Å². The van der Waals surface area contributed by atoms with E-state index in [2.05, 4.69) is 32.2 Å². The van der Waals surface area contributed by atoms with Crippen LogP contribution in [0, 0.1) is 10.1 Å². The van der Waals surface area contributed by atoms with E-state index in [4.69, 9.17) is 4.42 Å². The van der Waals surface area contributed by atoms with Gasteiger partial charge in [-0.05, 0) is 30.8 Å². The molecule has 11 heteroatoms. The van der Waals surface area contributed by atoms with Crippen molar-refractivity contribution in [2.45, 2.75) is 12.1 Å². The largest absolute Gasteiger partial charge is 0.411 e. The molecule has 1 fully saturated rings. The second-order valence-electron chi connectivity index (χ2n) is 7.45. The summed E-state index contributed by atoms with van der Waals surface area (Å²) in [6.07, 6.45) is 0. The van der Waals surface area contributed by atoms with Crippen molar-refractivity contribution in [2.24, 2.45) is 0 Å². The number of para-hydroxylation sites is 2. The molecule has 1 N–H and O–H groups in total. The maximum Gasteiger partial charge on any atom is 0.277 e. The summed E-state index contributed by atoms with van der Waals surface area (Å²) < 4.78 is 5.59. The Kier molecular flexibility index (Phi) is 7.20. The lowest BCUT2D eigenvalue weighted by Crippen LogP contribution is -2.46. The Labute approximate surface area is 195 Å². The summed E-state index contributed by atoms with van der Waals surface area (Å²) in [4.78, 5) is 27.6. The third kappa shape index (κ3) is 5.68. The van der Waals surface area contributed by atoms with Crippen LogP contribution in [0.5, 0.6) is 0 Å². The summed E-state index contributed by atoms with van der Waals surface area (Å²) in [7, 11) is 0. The number of nitrogens with zero attached hydrogens (tertiary/aromatic N) is 5. The number of non-ortho nitro benzene ring substituents is 1. The number of piperazine rings is 1. The maximum atomic E-state index is 12.6. The van der Waals surface area contributed by atoms with Gasteiger partial charge in [0.15, 0.2) is 0 Å². The fourth-order valence-electron chi connectivity index (χ4n) is 3.58. The van der Waals surface area contributed by atoms with Crippen LogP contribution in [-0.4, -0.2) is 64.4 Å². The highest BCUT2D eigenvalue weighted by molar-refractivity contribution is 7.99. The van der Waals surface area contributed by atoms with Crippen molar-refractivity contribution < 1.29 is 14.1 Å². The molecule has 3 aromatic rings. The Hall–Kier alpha value is -3.44. The smallest absolute Gasteiger partial charge is 0.277 e. The van der Waals surface area contributed by atoms with Crippen LogP contribution in [0.4, 0.5) is 17.1 Å². The highest BCUT2D eigenvalue weighted by Gasteiger charge is 2.19. The van der Waals surface area contributed by atoms with Crippen LogP contribution in [0.15, 0.2) is 58.2 Å². The van der Waals surface area contributed by atoms with Gasteiger partial charge in [0, 0.05) is 43.9 Å². The summed E-state index contributed by atoms with van der Waals surface area (Å²) in [5.74, 6) is 0.180. The van der Waals surface area contributed by atoms with E-state index in [9.17, 15) is 14.9 Å². The first-order valence-corrected chi connectivity index (χ1v) is 11.6. The van der Waals surface area contributed by atoms with Crippen molar-refractivity contribution in [2.75, 3.05) is 48.7 Å². The van der Waals surface area contributed by atoms with E-state index in [0.29, 0.717) is 5.56 Å². The molecule has 0 atom stereocenters. The lowest BCUT2D eigenvalue weighted by atomic mass is 10.2. The zero-order chi connectivity index (χ0) is 23.2. The molecule has 1 amide bonds. The van der Waals surface area contributed by atoms with Crippen LogP contribution in [0.1, 0.15) is 6.92 Å². The normalized spacial score (nSPS) is 14.3. The molecule has 0 saturated carbocycles. The summed E-state index contributed by atoms with van der Waals surface area (Å²) in [6, 6.07) is 13.7. The molecule has 1 aliphatic rings. The van der Waals surface area contributed by atoms with Gasteiger partial charge in [-0.2, -0.15) is 0 Å². The first-order chi connectivity index (χ1) is 16.0. The number of carbonyl (C=O) groups is 1. The Morgan fingerprint density at radius 3 is 2.55 bits per heavy atom. The third-order valence-electron chi connectivity index (χ3n) is 5.40. The van der Waals surface area contributed by atoms with Crippen LogP contribution in [0.3, 0.4) is 0 Å². The van der Waals surface area contributed by atoms with E-state index in [1.165, 1.54) is 12.1 Å². The van der Waals surface area contributed by atoms with Crippen LogP contribution in [0.25, 0.3) is 11.5 Å². The summed E-state index contributed by atoms with van der Waals surface area (Å²) >= 11 is 1.14. The molecule has 172 valence electrons. The van der Waals surface area contributed by atoms with Gasteiger partial charge in [-0.15, -0.1) is 10.2 Å². The molecule has 0 aliphatic carbocycles. The minimum atomic E-state index is -0.471. The quantitative estimate of drug-likeness (QED) is 0.301. The van der Waals surface area contributed by atoms with E-state index in [1.54, 1.807) is 12.1 Å². The Morgan fingerprint density at radius 2 is 1.85 bits per heavy atom. The molecule has 1 aliphatic heterocycles. The SMILES string of the molecule is CCN1CCN(c2ccccc2NC(=O)CSc2nnc(-c3ccc([N+](=O)[O-])cc3)o2)CC1. The number of thioether (sulfide) groups is 1. The molecule has 0 spiro atoms. The fourth-order valence-corrected chi connectivity index (χ4v) is 4.15. The zero-order valence-corrected chi connectivity index (χ0v) is 19.0. The summed E-state index contributed by atoms with van der Waals surface area (Å²) in [5, 5.41) is 21.9. The van der Waals surface area contributed by atoms with E-state index in [0.717, 1.165) is 55.9 Å². The third-order valence-corrected chi connectivity index (χ3v) is 6.22. The number of amides is 1. The number of hydrogen-bond acceptors (Lipinski definition) is 9. The number of aromatic nitrogens is 2. The van der Waals surface area contributed by atoms with Crippen molar-refractivity contribution in [1.82, 2.24) is 15.1 Å². The molecule has 33 heavy (non-hydrogen) atoms. The number of nitro benzene ring substituents is 1. The lowest BCUT2D eigenvalue weighted by Gasteiger charge is -2.36. The highest BCUT2D eigenvalue weighted by atomic mass is 32.2. The number of hydrogen-bond donors (Lipinski definition) is 1. The molecule has 2 aromatic carbocycles. The van der Waals surface area contributed by atoms with Gasteiger partial charge in [-0.3, -0.25) is 14.9 Å². The molecule has 1 aromatic heterocycles. The van der Waals surface area contributed by atoms with Crippen molar-refractivity contribution in [3.63, 3.8) is 0 Å². The predicted molar refractivity (Wildman–Crippen MR) is 127 cm³/mol. The number of anilines is 2.